The van der Waals surface area contributed by atoms with Crippen LogP contribution in [0.15, 0.2) is 24.3 Å². The molecule has 0 saturated heterocycles. The van der Waals surface area contributed by atoms with Gasteiger partial charge in [-0.25, -0.2) is 0 Å². The molecule has 0 bridgehead atoms. The Balaban J connectivity index is 2.71. The Morgan fingerprint density at radius 2 is 1.44 bits per heavy atom. The fourth-order valence-electron chi connectivity index (χ4n) is 2.03. The second-order valence-corrected chi connectivity index (χ2v) is 4.56. The summed E-state index contributed by atoms with van der Waals surface area (Å²) in [5, 5.41) is 29.1. The second kappa shape index (κ2) is 4.26. The molecule has 0 fully saturated rings. The first kappa shape index (κ1) is 12.3. The number of hydrogen-bond acceptors (Lipinski definition) is 3. The number of benzene rings is 2. The maximum Gasteiger partial charge on any atom is 0.161 e. The van der Waals surface area contributed by atoms with E-state index in [4.69, 9.17) is 0 Å². The Hall–Kier alpha value is -2.16. The molecule has 0 aliphatic carbocycles. The van der Waals surface area contributed by atoms with Gasteiger partial charge in [0.05, 0.1) is 0 Å². The molecule has 3 nitrogen and oxygen atoms in total. The lowest BCUT2D eigenvalue weighted by Gasteiger charge is -2.13. The van der Waals surface area contributed by atoms with Crippen molar-refractivity contribution in [1.82, 2.24) is 0 Å². The monoisotopic (exact) mass is 244 g/mol. The Kier molecular flexibility index (Phi) is 2.91. The summed E-state index contributed by atoms with van der Waals surface area (Å²) in [5.41, 5.74) is 4.12. The van der Waals surface area contributed by atoms with Crippen LogP contribution in [0.5, 0.6) is 17.2 Å². The Morgan fingerprint density at radius 3 is 2.06 bits per heavy atom. The van der Waals surface area contributed by atoms with E-state index in [2.05, 4.69) is 0 Å². The smallest absolute Gasteiger partial charge is 0.161 e. The van der Waals surface area contributed by atoms with Crippen molar-refractivity contribution in [3.8, 4) is 28.4 Å². The Morgan fingerprint density at radius 1 is 0.778 bits per heavy atom. The van der Waals surface area contributed by atoms with E-state index in [1.54, 1.807) is 6.92 Å². The molecule has 0 aliphatic heterocycles. The highest BCUT2D eigenvalue weighted by Crippen LogP contribution is 2.42. The first-order valence-corrected chi connectivity index (χ1v) is 5.74. The van der Waals surface area contributed by atoms with Crippen molar-refractivity contribution in [2.24, 2.45) is 0 Å². The van der Waals surface area contributed by atoms with Crippen LogP contribution in [-0.4, -0.2) is 15.3 Å². The zero-order valence-corrected chi connectivity index (χ0v) is 10.7. The summed E-state index contributed by atoms with van der Waals surface area (Å²) < 4.78 is 0. The maximum absolute atomic E-state index is 9.94. The molecule has 0 saturated carbocycles. The van der Waals surface area contributed by atoms with E-state index >= 15 is 0 Å². The van der Waals surface area contributed by atoms with E-state index in [1.807, 2.05) is 32.0 Å². The third kappa shape index (κ3) is 1.88. The molecule has 2 aromatic carbocycles. The number of rotatable bonds is 1. The molecule has 0 heterocycles. The lowest BCUT2D eigenvalue weighted by molar-refractivity contribution is 0.394. The van der Waals surface area contributed by atoms with E-state index in [1.165, 1.54) is 5.56 Å². The van der Waals surface area contributed by atoms with Gasteiger partial charge in [0.1, 0.15) is 5.75 Å². The molecule has 0 spiro atoms. The Labute approximate surface area is 106 Å². The first-order valence-electron chi connectivity index (χ1n) is 5.74. The second-order valence-electron chi connectivity index (χ2n) is 4.56. The molecule has 18 heavy (non-hydrogen) atoms. The quantitative estimate of drug-likeness (QED) is 0.532. The highest BCUT2D eigenvalue weighted by atomic mass is 16.3. The molecule has 0 aromatic heterocycles. The average Bonchev–Trinajstić information content (AvgIpc) is 2.31. The third-order valence-electron chi connectivity index (χ3n) is 3.30. The Bertz CT molecular complexity index is 616. The van der Waals surface area contributed by atoms with E-state index in [-0.39, 0.29) is 17.2 Å². The van der Waals surface area contributed by atoms with Gasteiger partial charge in [-0.1, -0.05) is 18.2 Å². The fourth-order valence-corrected chi connectivity index (χ4v) is 2.03. The molecular weight excluding hydrogens is 228 g/mol. The summed E-state index contributed by atoms with van der Waals surface area (Å²) in [5.74, 6) is -0.537. The first-order chi connectivity index (χ1) is 8.41. The van der Waals surface area contributed by atoms with Crippen molar-refractivity contribution in [2.45, 2.75) is 20.8 Å². The van der Waals surface area contributed by atoms with Crippen molar-refractivity contribution in [1.29, 1.82) is 0 Å². The van der Waals surface area contributed by atoms with E-state index in [9.17, 15) is 15.3 Å². The summed E-state index contributed by atoms with van der Waals surface area (Å²) >= 11 is 0. The molecule has 3 N–H and O–H groups in total. The van der Waals surface area contributed by atoms with Gasteiger partial charge in [-0.15, -0.1) is 0 Å². The predicted molar refractivity (Wildman–Crippen MR) is 71.1 cm³/mol. The van der Waals surface area contributed by atoms with Crippen molar-refractivity contribution in [2.75, 3.05) is 0 Å². The lowest BCUT2D eigenvalue weighted by Crippen LogP contribution is -1.88. The normalized spacial score (nSPS) is 10.6. The summed E-state index contributed by atoms with van der Waals surface area (Å²) in [6, 6.07) is 6.97. The molecule has 0 aliphatic rings. The number of aryl methyl sites for hydroxylation is 2. The van der Waals surface area contributed by atoms with Gasteiger partial charge in [-0.05, 0) is 37.5 Å². The average molecular weight is 244 g/mol. The minimum absolute atomic E-state index is 0.0361. The third-order valence-corrected chi connectivity index (χ3v) is 3.30. The lowest BCUT2D eigenvalue weighted by atomic mass is 9.95. The molecule has 2 rings (SSSR count). The molecule has 0 unspecified atom stereocenters. The number of phenolic OH excluding ortho intramolecular Hbond substituents is 3. The summed E-state index contributed by atoms with van der Waals surface area (Å²) in [7, 11) is 0. The van der Waals surface area contributed by atoms with Crippen molar-refractivity contribution in [3.63, 3.8) is 0 Å². The number of aromatic hydroxyl groups is 3. The maximum atomic E-state index is 9.94. The van der Waals surface area contributed by atoms with Gasteiger partial charge in [0.15, 0.2) is 11.5 Å². The minimum Gasteiger partial charge on any atom is -0.507 e. The SMILES string of the molecule is Cc1ccc(-c2c(O)cc(O)c(O)c2C)cc1C. The summed E-state index contributed by atoms with van der Waals surface area (Å²) in [4.78, 5) is 0. The van der Waals surface area contributed by atoms with Crippen LogP contribution < -0.4 is 0 Å². The highest BCUT2D eigenvalue weighted by molar-refractivity contribution is 5.78. The van der Waals surface area contributed by atoms with Crippen molar-refractivity contribution >= 4 is 0 Å². The molecule has 3 heteroatoms. The largest absolute Gasteiger partial charge is 0.507 e. The van der Waals surface area contributed by atoms with Gasteiger partial charge in [-0.2, -0.15) is 0 Å². The van der Waals surface area contributed by atoms with Crippen LogP contribution in [0.2, 0.25) is 0 Å². The summed E-state index contributed by atoms with van der Waals surface area (Å²) in [6.07, 6.45) is 0. The van der Waals surface area contributed by atoms with Crippen LogP contribution in [0.4, 0.5) is 0 Å². The van der Waals surface area contributed by atoms with Crippen LogP contribution in [0.3, 0.4) is 0 Å². The standard InChI is InChI=1S/C15H16O3/c1-8-4-5-11(6-9(8)2)14-10(3)15(18)13(17)7-12(14)16/h4-7,16-18H,1-3H3. The molecule has 2 aromatic rings. The van der Waals surface area contributed by atoms with Crippen LogP contribution in [0, 0.1) is 20.8 Å². The number of hydrogen-bond donors (Lipinski definition) is 3. The van der Waals surface area contributed by atoms with Crippen LogP contribution in [-0.2, 0) is 0 Å². The van der Waals surface area contributed by atoms with E-state index in [0.717, 1.165) is 17.2 Å². The molecule has 0 radical (unpaired) electrons. The van der Waals surface area contributed by atoms with Gasteiger partial charge in [0.2, 0.25) is 0 Å². The zero-order chi connectivity index (χ0) is 13.4. The van der Waals surface area contributed by atoms with Crippen LogP contribution in [0.25, 0.3) is 11.1 Å². The highest BCUT2D eigenvalue weighted by Gasteiger charge is 2.15. The predicted octanol–water partition coefficient (Wildman–Crippen LogP) is 3.40. The van der Waals surface area contributed by atoms with Gasteiger partial charge in [-0.3, -0.25) is 0 Å². The van der Waals surface area contributed by atoms with E-state index < -0.39 is 0 Å². The molecular formula is C15H16O3. The van der Waals surface area contributed by atoms with Gasteiger partial charge in [0.25, 0.3) is 0 Å². The minimum atomic E-state index is -0.308. The van der Waals surface area contributed by atoms with Gasteiger partial charge in [0, 0.05) is 17.2 Å². The number of phenols is 3. The fraction of sp³-hybridized carbons (Fsp3) is 0.200. The van der Waals surface area contributed by atoms with Crippen molar-refractivity contribution in [3.05, 3.63) is 41.0 Å². The van der Waals surface area contributed by atoms with E-state index in [0.29, 0.717) is 11.1 Å². The van der Waals surface area contributed by atoms with Crippen molar-refractivity contribution < 1.29 is 15.3 Å². The zero-order valence-electron chi connectivity index (χ0n) is 10.7. The molecule has 94 valence electrons. The molecule has 0 atom stereocenters. The van der Waals surface area contributed by atoms with Gasteiger partial charge < -0.3 is 15.3 Å². The van der Waals surface area contributed by atoms with Gasteiger partial charge >= 0.3 is 0 Å². The van der Waals surface area contributed by atoms with Crippen LogP contribution in [0.1, 0.15) is 16.7 Å². The van der Waals surface area contributed by atoms with Crippen LogP contribution >= 0.6 is 0 Å². The summed E-state index contributed by atoms with van der Waals surface area (Å²) in [6.45, 7) is 5.67. The topological polar surface area (TPSA) is 60.7 Å². The molecule has 0 amide bonds.